The van der Waals surface area contributed by atoms with Crippen molar-refractivity contribution in [3.8, 4) is 0 Å². The standard InChI is InChI=1S/C18H22N2O4S/c1-25-14-8-5-13(6-9-14)7-10-17(22)24-12-16(21)20-11-3-2-4-15(20)18(19)23/h5-10,15H,2-4,11-12H2,1H3,(H2,19,23)/b10-7+/t15-/m1/s1. The number of amides is 2. The van der Waals surface area contributed by atoms with E-state index in [1.807, 2.05) is 30.5 Å². The molecule has 1 aromatic rings. The predicted molar refractivity (Wildman–Crippen MR) is 96.8 cm³/mol. The summed E-state index contributed by atoms with van der Waals surface area (Å²) in [6.07, 6.45) is 7.13. The summed E-state index contributed by atoms with van der Waals surface area (Å²) in [5.41, 5.74) is 6.20. The van der Waals surface area contributed by atoms with Crippen molar-refractivity contribution in [3.63, 3.8) is 0 Å². The maximum absolute atomic E-state index is 12.2. The van der Waals surface area contributed by atoms with Gasteiger partial charge in [0.1, 0.15) is 6.04 Å². The van der Waals surface area contributed by atoms with Crippen molar-refractivity contribution >= 4 is 35.6 Å². The number of primary amides is 1. The quantitative estimate of drug-likeness (QED) is 0.474. The number of benzene rings is 1. The number of ether oxygens (including phenoxy) is 1. The number of carbonyl (C=O) groups is 3. The number of likely N-dealkylation sites (tertiary alicyclic amines) is 1. The van der Waals surface area contributed by atoms with Crippen molar-refractivity contribution < 1.29 is 19.1 Å². The van der Waals surface area contributed by atoms with E-state index in [-0.39, 0.29) is 0 Å². The SMILES string of the molecule is CSc1ccc(/C=C/C(=O)OCC(=O)N2CCCC[C@@H]2C(N)=O)cc1. The van der Waals surface area contributed by atoms with Gasteiger partial charge in [0, 0.05) is 17.5 Å². The first-order valence-electron chi connectivity index (χ1n) is 8.09. The van der Waals surface area contributed by atoms with E-state index in [0.29, 0.717) is 13.0 Å². The molecule has 0 unspecified atom stereocenters. The van der Waals surface area contributed by atoms with Gasteiger partial charge in [0.25, 0.3) is 5.91 Å². The van der Waals surface area contributed by atoms with E-state index in [1.165, 1.54) is 11.0 Å². The van der Waals surface area contributed by atoms with E-state index in [1.54, 1.807) is 17.8 Å². The first-order valence-corrected chi connectivity index (χ1v) is 9.31. The number of piperidine rings is 1. The van der Waals surface area contributed by atoms with Crippen LogP contribution in [0.2, 0.25) is 0 Å². The molecule has 1 aliphatic heterocycles. The molecule has 2 N–H and O–H groups in total. The zero-order chi connectivity index (χ0) is 18.2. The second-order valence-electron chi connectivity index (χ2n) is 5.72. The molecule has 0 spiro atoms. The molecule has 2 amide bonds. The molecule has 0 saturated carbocycles. The number of nitrogens with zero attached hydrogens (tertiary/aromatic N) is 1. The summed E-state index contributed by atoms with van der Waals surface area (Å²) >= 11 is 1.64. The minimum atomic E-state index is -0.606. The molecule has 0 aliphatic carbocycles. The van der Waals surface area contributed by atoms with Crippen molar-refractivity contribution in [2.75, 3.05) is 19.4 Å². The van der Waals surface area contributed by atoms with Gasteiger partial charge in [0.05, 0.1) is 0 Å². The highest BCUT2D eigenvalue weighted by Gasteiger charge is 2.30. The van der Waals surface area contributed by atoms with Gasteiger partial charge in [-0.2, -0.15) is 0 Å². The van der Waals surface area contributed by atoms with E-state index in [2.05, 4.69) is 0 Å². The fourth-order valence-electron chi connectivity index (χ4n) is 2.67. The van der Waals surface area contributed by atoms with Crippen LogP contribution in [0.1, 0.15) is 24.8 Å². The summed E-state index contributed by atoms with van der Waals surface area (Å²) in [6.45, 7) is 0.0694. The lowest BCUT2D eigenvalue weighted by Crippen LogP contribution is -2.51. The number of nitrogens with two attached hydrogens (primary N) is 1. The van der Waals surface area contributed by atoms with Crippen molar-refractivity contribution in [2.24, 2.45) is 5.73 Å². The molecule has 1 aliphatic rings. The molecule has 1 atom stereocenters. The largest absolute Gasteiger partial charge is 0.452 e. The maximum atomic E-state index is 12.2. The second kappa shape index (κ2) is 9.27. The van der Waals surface area contributed by atoms with Gasteiger partial charge in [0.15, 0.2) is 6.61 Å². The van der Waals surface area contributed by atoms with Gasteiger partial charge < -0.3 is 15.4 Å². The molecule has 134 valence electrons. The van der Waals surface area contributed by atoms with Crippen molar-refractivity contribution in [2.45, 2.75) is 30.2 Å². The highest BCUT2D eigenvalue weighted by Crippen LogP contribution is 2.17. The Morgan fingerprint density at radius 2 is 2.00 bits per heavy atom. The number of hydrogen-bond donors (Lipinski definition) is 1. The summed E-state index contributed by atoms with van der Waals surface area (Å²) in [4.78, 5) is 37.9. The van der Waals surface area contributed by atoms with Gasteiger partial charge in [-0.1, -0.05) is 12.1 Å². The third-order valence-corrected chi connectivity index (χ3v) is 4.76. The summed E-state index contributed by atoms with van der Waals surface area (Å²) in [5.74, 6) is -1.52. The minimum absolute atomic E-state index is 0.391. The van der Waals surface area contributed by atoms with E-state index < -0.39 is 30.4 Å². The minimum Gasteiger partial charge on any atom is -0.452 e. The van der Waals surface area contributed by atoms with E-state index in [4.69, 9.17) is 10.5 Å². The highest BCUT2D eigenvalue weighted by atomic mass is 32.2. The van der Waals surface area contributed by atoms with Gasteiger partial charge in [0.2, 0.25) is 5.91 Å². The lowest BCUT2D eigenvalue weighted by atomic mass is 10.0. The third kappa shape index (κ3) is 5.63. The fraction of sp³-hybridized carbons (Fsp3) is 0.389. The van der Waals surface area contributed by atoms with Gasteiger partial charge in [-0.05, 0) is 49.3 Å². The molecule has 1 aromatic carbocycles. The summed E-state index contributed by atoms with van der Waals surface area (Å²) in [6, 6.07) is 7.10. The van der Waals surface area contributed by atoms with Crippen LogP contribution < -0.4 is 5.73 Å². The zero-order valence-electron chi connectivity index (χ0n) is 14.1. The van der Waals surface area contributed by atoms with Gasteiger partial charge in [-0.3, -0.25) is 9.59 Å². The van der Waals surface area contributed by atoms with Crippen molar-refractivity contribution in [1.29, 1.82) is 0 Å². The van der Waals surface area contributed by atoms with Gasteiger partial charge in [-0.15, -0.1) is 11.8 Å². The Hall–Kier alpha value is -2.28. The predicted octanol–water partition coefficient (Wildman–Crippen LogP) is 1.83. The first kappa shape index (κ1) is 19.1. The normalized spacial score (nSPS) is 17.5. The van der Waals surface area contributed by atoms with Gasteiger partial charge in [-0.25, -0.2) is 4.79 Å². The molecule has 25 heavy (non-hydrogen) atoms. The van der Waals surface area contributed by atoms with Crippen molar-refractivity contribution in [3.05, 3.63) is 35.9 Å². The van der Waals surface area contributed by atoms with Crippen LogP contribution in [0.4, 0.5) is 0 Å². The molecule has 2 rings (SSSR count). The summed E-state index contributed by atoms with van der Waals surface area (Å²) in [5, 5.41) is 0. The Labute approximate surface area is 151 Å². The molecule has 7 heteroatoms. The first-order chi connectivity index (χ1) is 12.0. The van der Waals surface area contributed by atoms with Crippen molar-refractivity contribution in [1.82, 2.24) is 4.90 Å². The Morgan fingerprint density at radius 3 is 2.64 bits per heavy atom. The Morgan fingerprint density at radius 1 is 1.28 bits per heavy atom. The number of thioether (sulfide) groups is 1. The lowest BCUT2D eigenvalue weighted by Gasteiger charge is -2.33. The van der Waals surface area contributed by atoms with Gasteiger partial charge >= 0.3 is 5.97 Å². The summed E-state index contributed by atoms with van der Waals surface area (Å²) < 4.78 is 4.98. The van der Waals surface area contributed by atoms with E-state index in [0.717, 1.165) is 23.3 Å². The van der Waals surface area contributed by atoms with Crippen LogP contribution in [0.15, 0.2) is 35.2 Å². The molecule has 0 radical (unpaired) electrons. The molecular weight excluding hydrogens is 340 g/mol. The molecule has 1 fully saturated rings. The highest BCUT2D eigenvalue weighted by molar-refractivity contribution is 7.98. The molecule has 1 heterocycles. The average Bonchev–Trinajstić information content (AvgIpc) is 2.64. The molecule has 0 aromatic heterocycles. The number of rotatable bonds is 6. The number of hydrogen-bond acceptors (Lipinski definition) is 5. The van der Waals surface area contributed by atoms with Crippen LogP contribution in [0.25, 0.3) is 6.08 Å². The molecule has 6 nitrogen and oxygen atoms in total. The maximum Gasteiger partial charge on any atom is 0.331 e. The topological polar surface area (TPSA) is 89.7 Å². The average molecular weight is 362 g/mol. The lowest BCUT2D eigenvalue weighted by molar-refractivity contribution is -0.151. The Kier molecular flexibility index (Phi) is 7.06. The van der Waals surface area contributed by atoms with Crippen LogP contribution in [0.5, 0.6) is 0 Å². The van der Waals surface area contributed by atoms with Crippen LogP contribution >= 0.6 is 11.8 Å². The third-order valence-electron chi connectivity index (χ3n) is 4.02. The fourth-order valence-corrected chi connectivity index (χ4v) is 3.08. The molecule has 0 bridgehead atoms. The molecular formula is C18H22N2O4S. The van der Waals surface area contributed by atoms with Crippen LogP contribution in [0.3, 0.4) is 0 Å². The Bertz CT molecular complexity index is 658. The van der Waals surface area contributed by atoms with Crippen LogP contribution in [-0.4, -0.2) is 48.1 Å². The molecule has 1 saturated heterocycles. The van der Waals surface area contributed by atoms with Crippen LogP contribution in [-0.2, 0) is 19.1 Å². The summed E-state index contributed by atoms with van der Waals surface area (Å²) in [7, 11) is 0. The number of carbonyl (C=O) groups excluding carboxylic acids is 3. The monoisotopic (exact) mass is 362 g/mol. The zero-order valence-corrected chi connectivity index (χ0v) is 15.0. The van der Waals surface area contributed by atoms with Crippen LogP contribution in [0, 0.1) is 0 Å². The van der Waals surface area contributed by atoms with E-state index in [9.17, 15) is 14.4 Å². The second-order valence-corrected chi connectivity index (χ2v) is 6.59. The van der Waals surface area contributed by atoms with E-state index >= 15 is 0 Å². The Balaban J connectivity index is 1.84. The number of esters is 1. The smallest absolute Gasteiger partial charge is 0.331 e.